The zero-order valence-electron chi connectivity index (χ0n) is 11.7. The summed E-state index contributed by atoms with van der Waals surface area (Å²) in [6.45, 7) is 0.887. The first-order chi connectivity index (χ1) is 9.72. The smallest absolute Gasteiger partial charge is 0.321 e. The van der Waals surface area contributed by atoms with E-state index in [0.717, 1.165) is 17.0 Å². The Kier molecular flexibility index (Phi) is 5.88. The number of aliphatic hydroxyl groups is 2. The summed E-state index contributed by atoms with van der Waals surface area (Å²) in [4.78, 5) is 13.0. The van der Waals surface area contributed by atoms with E-state index in [1.165, 1.54) is 7.05 Å². The van der Waals surface area contributed by atoms with E-state index < -0.39 is 28.8 Å². The van der Waals surface area contributed by atoms with Gasteiger partial charge in [0.05, 0.1) is 13.2 Å². The van der Waals surface area contributed by atoms with Crippen LogP contribution in [0.1, 0.15) is 6.92 Å². The molecule has 0 saturated carbocycles. The van der Waals surface area contributed by atoms with Gasteiger partial charge in [-0.25, -0.2) is 13.6 Å². The lowest BCUT2D eigenvalue weighted by molar-refractivity contribution is 0.0509. The maximum atomic E-state index is 13.6. The van der Waals surface area contributed by atoms with Gasteiger partial charge in [0.25, 0.3) is 0 Å². The average molecular weight is 323 g/mol. The molecular formula is C13H17ClF2N2O3. The van der Waals surface area contributed by atoms with E-state index in [4.69, 9.17) is 11.6 Å². The topological polar surface area (TPSA) is 72.8 Å². The van der Waals surface area contributed by atoms with Gasteiger partial charge in [-0.15, -0.1) is 0 Å². The predicted octanol–water partition coefficient (Wildman–Crippen LogP) is 2.07. The van der Waals surface area contributed by atoms with Gasteiger partial charge in [-0.1, -0.05) is 18.5 Å². The Bertz CT molecular complexity index is 501. The van der Waals surface area contributed by atoms with Crippen molar-refractivity contribution in [3.63, 3.8) is 0 Å². The fraction of sp³-hybridized carbons (Fsp3) is 0.462. The first kappa shape index (κ1) is 17.6. The van der Waals surface area contributed by atoms with Crippen LogP contribution in [0.25, 0.3) is 0 Å². The Hall–Kier alpha value is -1.44. The summed E-state index contributed by atoms with van der Waals surface area (Å²) < 4.78 is 27.1. The summed E-state index contributed by atoms with van der Waals surface area (Å²) in [6, 6.07) is 0.987. The molecule has 21 heavy (non-hydrogen) atoms. The number of carbonyl (C=O) groups is 1. The molecule has 5 nitrogen and oxygen atoms in total. The van der Waals surface area contributed by atoms with Crippen LogP contribution in [0.2, 0.25) is 5.02 Å². The number of urea groups is 1. The van der Waals surface area contributed by atoms with E-state index in [9.17, 15) is 23.8 Å². The first-order valence-electron chi connectivity index (χ1n) is 6.11. The van der Waals surface area contributed by atoms with Crippen molar-refractivity contribution >= 4 is 23.3 Å². The van der Waals surface area contributed by atoms with Crippen molar-refractivity contribution in [3.8, 4) is 0 Å². The van der Waals surface area contributed by atoms with Gasteiger partial charge >= 0.3 is 6.03 Å². The molecule has 0 saturated heterocycles. The highest BCUT2D eigenvalue weighted by Crippen LogP contribution is 2.24. The van der Waals surface area contributed by atoms with E-state index in [2.05, 4.69) is 5.32 Å². The minimum Gasteiger partial charge on any atom is -0.396 e. The highest BCUT2D eigenvalue weighted by atomic mass is 35.5. The summed E-state index contributed by atoms with van der Waals surface area (Å²) >= 11 is 5.49. The highest BCUT2D eigenvalue weighted by Gasteiger charge is 2.27. The Morgan fingerprint density at radius 3 is 2.24 bits per heavy atom. The van der Waals surface area contributed by atoms with Gasteiger partial charge in [0.1, 0.15) is 5.69 Å². The highest BCUT2D eigenvalue weighted by molar-refractivity contribution is 6.30. The second-order valence-electron chi connectivity index (χ2n) is 5.16. The molecule has 0 spiro atoms. The quantitative estimate of drug-likeness (QED) is 0.777. The Balaban J connectivity index is 2.82. The molecule has 0 aromatic heterocycles. The second-order valence-corrected chi connectivity index (χ2v) is 5.59. The molecule has 1 aromatic carbocycles. The number of rotatable bonds is 5. The molecule has 1 aromatic rings. The minimum atomic E-state index is -0.992. The van der Waals surface area contributed by atoms with Crippen LogP contribution in [0, 0.1) is 17.0 Å². The van der Waals surface area contributed by atoms with E-state index >= 15 is 0 Å². The third kappa shape index (κ3) is 4.52. The third-order valence-electron chi connectivity index (χ3n) is 2.97. The molecule has 2 amide bonds. The lowest BCUT2D eigenvalue weighted by atomic mass is 9.92. The molecule has 118 valence electrons. The molecule has 0 bridgehead atoms. The van der Waals surface area contributed by atoms with E-state index in [0.29, 0.717) is 0 Å². The van der Waals surface area contributed by atoms with Crippen LogP contribution >= 0.6 is 11.6 Å². The standard InChI is InChI=1S/C13H17ClF2N2O3/c1-13(6-19,7-20)5-18(2)12(21)17-11-9(15)3-8(14)4-10(11)16/h3-4,19-20H,5-7H2,1-2H3,(H,17,21). The largest absolute Gasteiger partial charge is 0.396 e. The number of aliphatic hydroxyl groups excluding tert-OH is 2. The summed E-state index contributed by atoms with van der Waals surface area (Å²) in [5.74, 6) is -1.98. The van der Waals surface area contributed by atoms with E-state index in [-0.39, 0.29) is 24.8 Å². The van der Waals surface area contributed by atoms with Gasteiger partial charge in [-0.3, -0.25) is 0 Å². The van der Waals surface area contributed by atoms with Gasteiger partial charge in [0.15, 0.2) is 11.6 Å². The van der Waals surface area contributed by atoms with Crippen LogP contribution in [-0.4, -0.2) is 48.0 Å². The van der Waals surface area contributed by atoms with Gasteiger partial charge in [0.2, 0.25) is 0 Å². The number of hydrogen-bond donors (Lipinski definition) is 3. The molecule has 0 aliphatic carbocycles. The number of nitrogens with one attached hydrogen (secondary N) is 1. The number of carbonyl (C=O) groups excluding carboxylic acids is 1. The third-order valence-corrected chi connectivity index (χ3v) is 3.19. The summed E-state index contributed by atoms with van der Waals surface area (Å²) in [6.07, 6.45) is 0. The van der Waals surface area contributed by atoms with Crippen molar-refractivity contribution in [1.82, 2.24) is 4.90 Å². The zero-order valence-corrected chi connectivity index (χ0v) is 12.4. The monoisotopic (exact) mass is 322 g/mol. The van der Waals surface area contributed by atoms with Crippen LogP contribution in [0.15, 0.2) is 12.1 Å². The molecular weight excluding hydrogens is 306 g/mol. The molecule has 0 radical (unpaired) electrons. The van der Waals surface area contributed by atoms with E-state index in [1.54, 1.807) is 6.92 Å². The molecule has 8 heteroatoms. The van der Waals surface area contributed by atoms with Crippen molar-refractivity contribution < 1.29 is 23.8 Å². The van der Waals surface area contributed by atoms with Gasteiger partial charge in [-0.05, 0) is 12.1 Å². The van der Waals surface area contributed by atoms with Crippen molar-refractivity contribution in [3.05, 3.63) is 28.8 Å². The van der Waals surface area contributed by atoms with Crippen molar-refractivity contribution in [2.45, 2.75) is 6.92 Å². The van der Waals surface area contributed by atoms with Crippen molar-refractivity contribution in [2.24, 2.45) is 5.41 Å². The fourth-order valence-corrected chi connectivity index (χ4v) is 1.85. The lowest BCUT2D eigenvalue weighted by Crippen LogP contribution is -2.43. The maximum Gasteiger partial charge on any atom is 0.321 e. The van der Waals surface area contributed by atoms with Crippen molar-refractivity contribution in [2.75, 3.05) is 32.1 Å². The van der Waals surface area contributed by atoms with Crippen LogP contribution < -0.4 is 5.32 Å². The number of anilines is 1. The Labute approximate surface area is 126 Å². The molecule has 0 atom stereocenters. The molecule has 0 heterocycles. The van der Waals surface area contributed by atoms with Gasteiger partial charge in [-0.2, -0.15) is 0 Å². The molecule has 3 N–H and O–H groups in total. The van der Waals surface area contributed by atoms with E-state index in [1.807, 2.05) is 0 Å². The molecule has 0 aliphatic heterocycles. The predicted molar refractivity (Wildman–Crippen MR) is 75.3 cm³/mol. The fourth-order valence-electron chi connectivity index (χ4n) is 1.66. The summed E-state index contributed by atoms with van der Waals surface area (Å²) in [7, 11) is 1.38. The molecule has 1 rings (SSSR count). The average Bonchev–Trinajstić information content (AvgIpc) is 2.42. The van der Waals surface area contributed by atoms with Crippen molar-refractivity contribution in [1.29, 1.82) is 0 Å². The summed E-state index contributed by atoms with van der Waals surface area (Å²) in [5, 5.41) is 20.3. The lowest BCUT2D eigenvalue weighted by Gasteiger charge is -2.30. The number of benzene rings is 1. The molecule has 0 unspecified atom stereocenters. The Morgan fingerprint density at radius 2 is 1.81 bits per heavy atom. The van der Waals surface area contributed by atoms with Crippen LogP contribution in [0.4, 0.5) is 19.3 Å². The van der Waals surface area contributed by atoms with Gasteiger partial charge < -0.3 is 20.4 Å². The number of halogens is 3. The van der Waals surface area contributed by atoms with Crippen LogP contribution in [0.5, 0.6) is 0 Å². The SMILES string of the molecule is CN(CC(C)(CO)CO)C(=O)Nc1c(F)cc(Cl)cc1F. The second kappa shape index (κ2) is 7.02. The number of amides is 2. The van der Waals surface area contributed by atoms with Gasteiger partial charge in [0, 0.05) is 24.0 Å². The zero-order chi connectivity index (χ0) is 16.2. The molecule has 0 fully saturated rings. The first-order valence-corrected chi connectivity index (χ1v) is 6.48. The number of nitrogens with zero attached hydrogens (tertiary/aromatic N) is 1. The molecule has 0 aliphatic rings. The maximum absolute atomic E-state index is 13.6. The number of hydrogen-bond acceptors (Lipinski definition) is 3. The minimum absolute atomic E-state index is 0.00264. The normalized spacial score (nSPS) is 11.4. The van der Waals surface area contributed by atoms with Crippen LogP contribution in [-0.2, 0) is 0 Å². The summed E-state index contributed by atoms with van der Waals surface area (Å²) in [5.41, 5.74) is -1.52. The van der Waals surface area contributed by atoms with Crippen LogP contribution in [0.3, 0.4) is 0 Å². The Morgan fingerprint density at radius 1 is 1.33 bits per heavy atom.